The molecule has 0 saturated carbocycles. The number of aromatic carboxylic acids is 1. The van der Waals surface area contributed by atoms with Crippen molar-refractivity contribution < 1.29 is 14.7 Å². The standard InChI is InChI=1S/C10H10N4O3S/c1-5(9(11)15)14-8(6-3-2-4-18-6)7(10(16)17)12-13-14/h2-5H,1H3,(H2,11,15)(H,16,17). The van der Waals surface area contributed by atoms with Crippen LogP contribution in [0.25, 0.3) is 10.6 Å². The molecule has 0 spiro atoms. The fourth-order valence-corrected chi connectivity index (χ4v) is 2.23. The Hall–Kier alpha value is -2.22. The van der Waals surface area contributed by atoms with E-state index in [9.17, 15) is 9.59 Å². The number of carbonyl (C=O) groups excluding carboxylic acids is 1. The minimum atomic E-state index is -1.19. The Morgan fingerprint density at radius 1 is 1.56 bits per heavy atom. The molecule has 0 aromatic carbocycles. The molecule has 0 radical (unpaired) electrons. The fraction of sp³-hybridized carbons (Fsp3) is 0.200. The molecule has 0 aliphatic rings. The number of nitrogens with zero attached hydrogens (tertiary/aromatic N) is 3. The summed E-state index contributed by atoms with van der Waals surface area (Å²) in [6, 6.07) is 2.75. The number of nitrogens with two attached hydrogens (primary N) is 1. The fourth-order valence-electron chi connectivity index (χ4n) is 1.47. The third kappa shape index (κ3) is 1.97. The molecule has 2 aromatic rings. The number of carboxylic acids is 1. The van der Waals surface area contributed by atoms with Crippen molar-refractivity contribution in [2.45, 2.75) is 13.0 Å². The summed E-state index contributed by atoms with van der Waals surface area (Å²) < 4.78 is 1.23. The van der Waals surface area contributed by atoms with Crippen LogP contribution in [-0.2, 0) is 4.79 Å². The first-order valence-electron chi connectivity index (χ1n) is 5.04. The van der Waals surface area contributed by atoms with Crippen molar-refractivity contribution in [1.82, 2.24) is 15.0 Å². The zero-order chi connectivity index (χ0) is 13.3. The quantitative estimate of drug-likeness (QED) is 0.848. The van der Waals surface area contributed by atoms with Crippen LogP contribution >= 0.6 is 11.3 Å². The molecular formula is C10H10N4O3S. The van der Waals surface area contributed by atoms with E-state index in [4.69, 9.17) is 10.8 Å². The van der Waals surface area contributed by atoms with E-state index in [2.05, 4.69) is 10.3 Å². The average molecular weight is 266 g/mol. The minimum absolute atomic E-state index is 0.189. The van der Waals surface area contributed by atoms with Gasteiger partial charge in [0.1, 0.15) is 11.7 Å². The number of hydrogen-bond donors (Lipinski definition) is 2. The Morgan fingerprint density at radius 3 is 2.78 bits per heavy atom. The number of carbonyl (C=O) groups is 2. The molecule has 94 valence electrons. The molecule has 0 bridgehead atoms. The molecule has 0 aliphatic heterocycles. The zero-order valence-electron chi connectivity index (χ0n) is 9.40. The lowest BCUT2D eigenvalue weighted by Crippen LogP contribution is -2.25. The van der Waals surface area contributed by atoms with Gasteiger partial charge in [-0.2, -0.15) is 0 Å². The van der Waals surface area contributed by atoms with E-state index in [0.29, 0.717) is 10.6 Å². The van der Waals surface area contributed by atoms with Gasteiger partial charge in [0.2, 0.25) is 5.91 Å². The van der Waals surface area contributed by atoms with Gasteiger partial charge in [0.25, 0.3) is 0 Å². The van der Waals surface area contributed by atoms with Crippen LogP contribution < -0.4 is 5.73 Å². The molecule has 1 unspecified atom stereocenters. The van der Waals surface area contributed by atoms with Crippen LogP contribution in [0.4, 0.5) is 0 Å². The molecule has 3 N–H and O–H groups in total. The maximum atomic E-state index is 11.2. The van der Waals surface area contributed by atoms with Gasteiger partial charge in [0.05, 0.1) is 4.88 Å². The minimum Gasteiger partial charge on any atom is -0.476 e. The van der Waals surface area contributed by atoms with Crippen LogP contribution in [0.3, 0.4) is 0 Å². The maximum absolute atomic E-state index is 11.2. The van der Waals surface area contributed by atoms with Crippen molar-refractivity contribution in [2.24, 2.45) is 5.73 Å². The first-order valence-corrected chi connectivity index (χ1v) is 5.92. The molecule has 2 aromatic heterocycles. The van der Waals surface area contributed by atoms with E-state index >= 15 is 0 Å². The molecule has 0 fully saturated rings. The summed E-state index contributed by atoms with van der Waals surface area (Å²) in [5.41, 5.74) is 5.31. The lowest BCUT2D eigenvalue weighted by atomic mass is 10.2. The first kappa shape index (κ1) is 12.2. The third-order valence-electron chi connectivity index (χ3n) is 2.43. The van der Waals surface area contributed by atoms with Gasteiger partial charge >= 0.3 is 5.97 Å². The number of thiophene rings is 1. The molecule has 1 atom stereocenters. The molecule has 1 amide bonds. The predicted octanol–water partition coefficient (Wildman–Crippen LogP) is 0.751. The van der Waals surface area contributed by atoms with Gasteiger partial charge in [0, 0.05) is 0 Å². The highest BCUT2D eigenvalue weighted by Gasteiger charge is 2.25. The van der Waals surface area contributed by atoms with Crippen molar-refractivity contribution in [3.8, 4) is 10.6 Å². The summed E-state index contributed by atoms with van der Waals surface area (Å²) in [6.45, 7) is 1.54. The van der Waals surface area contributed by atoms with E-state index in [1.807, 2.05) is 0 Å². The second kappa shape index (κ2) is 4.57. The number of rotatable bonds is 4. The average Bonchev–Trinajstić information content (AvgIpc) is 2.95. The second-order valence-corrected chi connectivity index (χ2v) is 4.54. The number of amides is 1. The van der Waals surface area contributed by atoms with Crippen LogP contribution in [0, 0.1) is 0 Å². The molecule has 2 heterocycles. The lowest BCUT2D eigenvalue weighted by Gasteiger charge is -2.10. The molecule has 0 aliphatic carbocycles. The third-order valence-corrected chi connectivity index (χ3v) is 3.31. The highest BCUT2D eigenvalue weighted by atomic mass is 32.1. The second-order valence-electron chi connectivity index (χ2n) is 3.59. The van der Waals surface area contributed by atoms with E-state index in [1.54, 1.807) is 24.4 Å². The molecule has 2 rings (SSSR count). The van der Waals surface area contributed by atoms with Gasteiger partial charge < -0.3 is 10.8 Å². The molecule has 18 heavy (non-hydrogen) atoms. The molecule has 8 heteroatoms. The Labute approximate surface area is 106 Å². The normalized spacial score (nSPS) is 12.3. The van der Waals surface area contributed by atoms with Gasteiger partial charge in [-0.1, -0.05) is 11.3 Å². The van der Waals surface area contributed by atoms with Crippen LogP contribution in [0.5, 0.6) is 0 Å². The summed E-state index contributed by atoms with van der Waals surface area (Å²) >= 11 is 1.34. The Bertz CT molecular complexity index is 590. The highest BCUT2D eigenvalue weighted by molar-refractivity contribution is 7.13. The van der Waals surface area contributed by atoms with E-state index in [1.165, 1.54) is 16.0 Å². The van der Waals surface area contributed by atoms with E-state index in [0.717, 1.165) is 0 Å². The Balaban J connectivity index is 2.62. The molecule has 0 saturated heterocycles. The number of primary amides is 1. The maximum Gasteiger partial charge on any atom is 0.358 e. The van der Waals surface area contributed by atoms with Crippen molar-refractivity contribution in [2.75, 3.05) is 0 Å². The monoisotopic (exact) mass is 266 g/mol. The van der Waals surface area contributed by atoms with Crippen molar-refractivity contribution in [3.63, 3.8) is 0 Å². The first-order chi connectivity index (χ1) is 8.52. The van der Waals surface area contributed by atoms with Crippen LogP contribution in [0.2, 0.25) is 0 Å². The lowest BCUT2D eigenvalue weighted by molar-refractivity contribution is -0.120. The summed E-state index contributed by atoms with van der Waals surface area (Å²) in [7, 11) is 0. The molecule has 7 nitrogen and oxygen atoms in total. The number of aromatic nitrogens is 3. The number of hydrogen-bond acceptors (Lipinski definition) is 5. The van der Waals surface area contributed by atoms with Gasteiger partial charge in [-0.3, -0.25) is 4.79 Å². The summed E-state index contributed by atoms with van der Waals surface area (Å²) in [4.78, 5) is 23.0. The Kier molecular flexibility index (Phi) is 3.11. The van der Waals surface area contributed by atoms with Crippen LogP contribution in [-0.4, -0.2) is 32.0 Å². The smallest absolute Gasteiger partial charge is 0.358 e. The van der Waals surface area contributed by atoms with Crippen molar-refractivity contribution in [1.29, 1.82) is 0 Å². The van der Waals surface area contributed by atoms with Crippen LogP contribution in [0.1, 0.15) is 23.5 Å². The van der Waals surface area contributed by atoms with Crippen LogP contribution in [0.15, 0.2) is 17.5 Å². The summed E-state index contributed by atoms with van der Waals surface area (Å²) in [5.74, 6) is -1.80. The predicted molar refractivity (Wildman–Crippen MR) is 64.2 cm³/mol. The highest BCUT2D eigenvalue weighted by Crippen LogP contribution is 2.28. The summed E-state index contributed by atoms with van der Waals surface area (Å²) in [5, 5.41) is 18.2. The van der Waals surface area contributed by atoms with Crippen molar-refractivity contribution >= 4 is 23.2 Å². The van der Waals surface area contributed by atoms with Crippen molar-refractivity contribution in [3.05, 3.63) is 23.2 Å². The zero-order valence-corrected chi connectivity index (χ0v) is 10.2. The largest absolute Gasteiger partial charge is 0.476 e. The number of carboxylic acid groups (broad SMARTS) is 1. The van der Waals surface area contributed by atoms with E-state index in [-0.39, 0.29) is 5.69 Å². The van der Waals surface area contributed by atoms with Gasteiger partial charge in [-0.15, -0.1) is 16.4 Å². The molecular weight excluding hydrogens is 256 g/mol. The van der Waals surface area contributed by atoms with Gasteiger partial charge in [0.15, 0.2) is 5.69 Å². The van der Waals surface area contributed by atoms with Gasteiger partial charge in [-0.05, 0) is 18.4 Å². The Morgan fingerprint density at radius 2 is 2.28 bits per heavy atom. The topological polar surface area (TPSA) is 111 Å². The SMILES string of the molecule is CC(C(N)=O)n1nnc(C(=O)O)c1-c1cccs1. The summed E-state index contributed by atoms with van der Waals surface area (Å²) in [6.07, 6.45) is 0. The van der Waals surface area contributed by atoms with Gasteiger partial charge in [-0.25, -0.2) is 9.48 Å². The van der Waals surface area contributed by atoms with E-state index < -0.39 is 17.9 Å².